The van der Waals surface area contributed by atoms with Crippen LogP contribution < -0.4 is 5.73 Å². The van der Waals surface area contributed by atoms with E-state index < -0.39 is 0 Å². The van der Waals surface area contributed by atoms with Gasteiger partial charge in [0.25, 0.3) is 0 Å². The van der Waals surface area contributed by atoms with Gasteiger partial charge in [-0.25, -0.2) is 0 Å². The standard InChI is InChI=1S/C16H33NS2/c1-3-5-6-7-8-9-10-11-14(17)16-15(4-2)18-12-13-19-16/h14-16H,3-13,17H2,1-2H3. The minimum Gasteiger partial charge on any atom is -0.327 e. The van der Waals surface area contributed by atoms with Gasteiger partial charge in [-0.05, 0) is 12.8 Å². The topological polar surface area (TPSA) is 26.0 Å². The SMILES string of the molecule is CCCCCCCCCC(N)C1SCCSC1CC. The van der Waals surface area contributed by atoms with Crippen LogP contribution >= 0.6 is 23.5 Å². The van der Waals surface area contributed by atoms with Crippen molar-refractivity contribution in [1.29, 1.82) is 0 Å². The second-order valence-corrected chi connectivity index (χ2v) is 8.36. The molecule has 19 heavy (non-hydrogen) atoms. The van der Waals surface area contributed by atoms with Crippen molar-refractivity contribution < 1.29 is 0 Å². The molecule has 0 saturated carbocycles. The Kier molecular flexibility index (Phi) is 10.6. The molecule has 3 atom stereocenters. The molecule has 0 aliphatic carbocycles. The fourth-order valence-corrected chi connectivity index (χ4v) is 6.07. The summed E-state index contributed by atoms with van der Waals surface area (Å²) < 4.78 is 0. The lowest BCUT2D eigenvalue weighted by Crippen LogP contribution is -2.41. The Labute approximate surface area is 129 Å². The van der Waals surface area contributed by atoms with E-state index in [1.807, 2.05) is 0 Å². The van der Waals surface area contributed by atoms with Crippen molar-refractivity contribution in [3.63, 3.8) is 0 Å². The molecule has 0 spiro atoms. The Bertz CT molecular complexity index is 211. The second-order valence-electron chi connectivity index (χ2n) is 5.73. The molecule has 3 heteroatoms. The molecule has 1 heterocycles. The zero-order valence-electron chi connectivity index (χ0n) is 12.9. The molecule has 0 aromatic rings. The third-order valence-corrected chi connectivity index (χ3v) is 7.49. The van der Waals surface area contributed by atoms with E-state index in [2.05, 4.69) is 37.4 Å². The van der Waals surface area contributed by atoms with E-state index in [1.165, 1.54) is 69.3 Å². The number of thioether (sulfide) groups is 2. The molecule has 1 saturated heterocycles. The monoisotopic (exact) mass is 303 g/mol. The molecule has 1 fully saturated rings. The molecule has 0 amide bonds. The molecule has 1 aliphatic heterocycles. The van der Waals surface area contributed by atoms with E-state index in [1.54, 1.807) is 0 Å². The minimum absolute atomic E-state index is 0.429. The minimum atomic E-state index is 0.429. The van der Waals surface area contributed by atoms with Crippen molar-refractivity contribution in [3.05, 3.63) is 0 Å². The van der Waals surface area contributed by atoms with Crippen molar-refractivity contribution in [3.8, 4) is 0 Å². The molecule has 2 N–H and O–H groups in total. The van der Waals surface area contributed by atoms with Gasteiger partial charge in [0.2, 0.25) is 0 Å². The summed E-state index contributed by atoms with van der Waals surface area (Å²) in [5, 5.41) is 1.52. The molecule has 1 rings (SSSR count). The molecule has 0 radical (unpaired) electrons. The fraction of sp³-hybridized carbons (Fsp3) is 1.00. The average molecular weight is 304 g/mol. The van der Waals surface area contributed by atoms with E-state index in [0.29, 0.717) is 11.3 Å². The van der Waals surface area contributed by atoms with E-state index in [0.717, 1.165) is 5.25 Å². The Morgan fingerprint density at radius 2 is 1.58 bits per heavy atom. The van der Waals surface area contributed by atoms with Gasteiger partial charge in [-0.3, -0.25) is 0 Å². The van der Waals surface area contributed by atoms with E-state index in [9.17, 15) is 0 Å². The van der Waals surface area contributed by atoms with E-state index >= 15 is 0 Å². The Hall–Kier alpha value is 0.660. The zero-order chi connectivity index (χ0) is 13.9. The lowest BCUT2D eigenvalue weighted by Gasteiger charge is -2.34. The van der Waals surface area contributed by atoms with Crippen LogP contribution in [0.3, 0.4) is 0 Å². The quantitative estimate of drug-likeness (QED) is 0.570. The first-order valence-corrected chi connectivity index (χ1v) is 10.4. The van der Waals surface area contributed by atoms with Crippen molar-refractivity contribution in [2.24, 2.45) is 5.73 Å². The molecule has 114 valence electrons. The maximum Gasteiger partial charge on any atom is 0.0317 e. The summed E-state index contributed by atoms with van der Waals surface area (Å²) in [6.07, 6.45) is 12.3. The Balaban J connectivity index is 2.07. The molecule has 1 nitrogen and oxygen atoms in total. The van der Waals surface area contributed by atoms with Crippen molar-refractivity contribution in [1.82, 2.24) is 0 Å². The van der Waals surface area contributed by atoms with E-state index in [4.69, 9.17) is 5.73 Å². The summed E-state index contributed by atoms with van der Waals surface area (Å²) in [5.74, 6) is 2.63. The van der Waals surface area contributed by atoms with Crippen LogP contribution in [0, 0.1) is 0 Å². The van der Waals surface area contributed by atoms with Gasteiger partial charge in [-0.2, -0.15) is 23.5 Å². The second kappa shape index (κ2) is 11.3. The number of nitrogens with two attached hydrogens (primary N) is 1. The van der Waals surface area contributed by atoms with Gasteiger partial charge >= 0.3 is 0 Å². The lowest BCUT2D eigenvalue weighted by atomic mass is 10.0. The first-order valence-electron chi connectivity index (χ1n) is 8.28. The predicted molar refractivity (Wildman–Crippen MR) is 93.4 cm³/mol. The number of unbranched alkanes of at least 4 members (excludes halogenated alkanes) is 6. The predicted octanol–water partition coefficient (Wildman–Crippen LogP) is 5.08. The van der Waals surface area contributed by atoms with E-state index in [-0.39, 0.29) is 0 Å². The average Bonchev–Trinajstić information content (AvgIpc) is 2.46. The zero-order valence-corrected chi connectivity index (χ0v) is 14.5. The summed E-state index contributed by atoms with van der Waals surface area (Å²) in [6.45, 7) is 4.60. The first-order chi connectivity index (χ1) is 9.29. The number of rotatable bonds is 10. The normalized spacial score (nSPS) is 25.4. The van der Waals surface area contributed by atoms with Crippen LogP contribution in [0.1, 0.15) is 71.6 Å². The van der Waals surface area contributed by atoms with Crippen LogP contribution in [-0.4, -0.2) is 28.0 Å². The van der Waals surface area contributed by atoms with Gasteiger partial charge in [-0.15, -0.1) is 0 Å². The number of hydrogen-bond donors (Lipinski definition) is 1. The van der Waals surface area contributed by atoms with Crippen molar-refractivity contribution in [2.45, 2.75) is 88.2 Å². The van der Waals surface area contributed by atoms with Gasteiger partial charge < -0.3 is 5.73 Å². The molecule has 3 unspecified atom stereocenters. The van der Waals surface area contributed by atoms with Gasteiger partial charge in [0.05, 0.1) is 0 Å². The van der Waals surface area contributed by atoms with Gasteiger partial charge in [0.15, 0.2) is 0 Å². The molecule has 1 aliphatic rings. The number of hydrogen-bond acceptors (Lipinski definition) is 3. The van der Waals surface area contributed by atoms with Crippen molar-refractivity contribution in [2.75, 3.05) is 11.5 Å². The smallest absolute Gasteiger partial charge is 0.0317 e. The summed E-state index contributed by atoms with van der Waals surface area (Å²) in [4.78, 5) is 0. The Morgan fingerprint density at radius 1 is 0.947 bits per heavy atom. The van der Waals surface area contributed by atoms with Gasteiger partial charge in [-0.1, -0.05) is 58.8 Å². The van der Waals surface area contributed by atoms with Crippen LogP contribution in [0.2, 0.25) is 0 Å². The fourth-order valence-electron chi connectivity index (χ4n) is 2.84. The summed E-state index contributed by atoms with van der Waals surface area (Å²) in [7, 11) is 0. The summed E-state index contributed by atoms with van der Waals surface area (Å²) in [6, 6.07) is 0.429. The molecule has 0 bridgehead atoms. The maximum atomic E-state index is 6.44. The molecular formula is C16H33NS2. The van der Waals surface area contributed by atoms with Crippen LogP contribution in [-0.2, 0) is 0 Å². The molecular weight excluding hydrogens is 270 g/mol. The van der Waals surface area contributed by atoms with Gasteiger partial charge in [0.1, 0.15) is 0 Å². The first kappa shape index (κ1) is 17.7. The molecule has 0 aromatic heterocycles. The largest absolute Gasteiger partial charge is 0.327 e. The third kappa shape index (κ3) is 7.29. The van der Waals surface area contributed by atoms with Crippen LogP contribution in [0.25, 0.3) is 0 Å². The lowest BCUT2D eigenvalue weighted by molar-refractivity contribution is 0.508. The maximum absolute atomic E-state index is 6.44. The summed E-state index contributed by atoms with van der Waals surface area (Å²) >= 11 is 4.28. The molecule has 0 aromatic carbocycles. The highest BCUT2D eigenvalue weighted by Gasteiger charge is 2.29. The highest BCUT2D eigenvalue weighted by molar-refractivity contribution is 8.07. The van der Waals surface area contributed by atoms with Crippen LogP contribution in [0.15, 0.2) is 0 Å². The highest BCUT2D eigenvalue weighted by atomic mass is 32.2. The van der Waals surface area contributed by atoms with Crippen molar-refractivity contribution >= 4 is 23.5 Å². The van der Waals surface area contributed by atoms with Crippen LogP contribution in [0.4, 0.5) is 0 Å². The summed E-state index contributed by atoms with van der Waals surface area (Å²) in [5.41, 5.74) is 6.44. The Morgan fingerprint density at radius 3 is 2.26 bits per heavy atom. The van der Waals surface area contributed by atoms with Crippen LogP contribution in [0.5, 0.6) is 0 Å². The van der Waals surface area contributed by atoms with Gasteiger partial charge in [0, 0.05) is 28.0 Å². The highest BCUT2D eigenvalue weighted by Crippen LogP contribution is 2.35. The third-order valence-electron chi connectivity index (χ3n) is 4.06.